The number of ether oxygens (including phenoxy) is 1. The van der Waals surface area contributed by atoms with Crippen LogP contribution in [0, 0.1) is 10.1 Å². The van der Waals surface area contributed by atoms with Crippen LogP contribution in [0.15, 0.2) is 23.4 Å². The third-order valence-corrected chi connectivity index (χ3v) is 4.83. The quantitative estimate of drug-likeness (QED) is 0.257. The molecule has 0 saturated heterocycles. The predicted molar refractivity (Wildman–Crippen MR) is 89.9 cm³/mol. The molecule has 0 spiro atoms. The molecule has 0 aliphatic heterocycles. The lowest BCUT2D eigenvalue weighted by molar-refractivity contribution is -0.388. The summed E-state index contributed by atoms with van der Waals surface area (Å²) in [5, 5.41) is 22.5. The first kappa shape index (κ1) is 20.2. The Morgan fingerprint density at radius 1 is 1.54 bits per heavy atom. The zero-order chi connectivity index (χ0) is 17.9. The van der Waals surface area contributed by atoms with E-state index in [0.29, 0.717) is 6.61 Å². The molecule has 132 valence electrons. The first-order valence-electron chi connectivity index (χ1n) is 6.94. The Kier molecular flexibility index (Phi) is 9.12. The molecule has 0 radical (unpaired) electrons. The number of nitrogens with zero attached hydrogens (tertiary/aromatic N) is 2. The van der Waals surface area contributed by atoms with Gasteiger partial charge in [0.15, 0.2) is 5.03 Å². The van der Waals surface area contributed by atoms with Crippen molar-refractivity contribution >= 4 is 39.2 Å². The van der Waals surface area contributed by atoms with Crippen LogP contribution in [0.4, 0.5) is 5.69 Å². The van der Waals surface area contributed by atoms with Crippen LogP contribution < -0.4 is 5.32 Å². The first-order valence-corrected chi connectivity index (χ1v) is 9.26. The van der Waals surface area contributed by atoms with Crippen molar-refractivity contribution in [2.24, 2.45) is 0 Å². The molecule has 1 atom stereocenters. The summed E-state index contributed by atoms with van der Waals surface area (Å²) >= 11 is 0. The molecular formula is C13H17N3O6S2. The second-order valence-electron chi connectivity index (χ2n) is 4.46. The number of amides is 1. The fourth-order valence-electron chi connectivity index (χ4n) is 1.46. The van der Waals surface area contributed by atoms with Crippen molar-refractivity contribution < 1.29 is 24.4 Å². The predicted octanol–water partition coefficient (Wildman–Crippen LogP) is 1.73. The first-order chi connectivity index (χ1) is 11.5. The summed E-state index contributed by atoms with van der Waals surface area (Å²) in [4.78, 5) is 37.0. The van der Waals surface area contributed by atoms with Gasteiger partial charge in [-0.25, -0.2) is 9.78 Å². The van der Waals surface area contributed by atoms with Crippen molar-refractivity contribution in [3.63, 3.8) is 0 Å². The van der Waals surface area contributed by atoms with Crippen LogP contribution in [-0.2, 0) is 14.3 Å². The molecule has 0 fully saturated rings. The second kappa shape index (κ2) is 10.8. The molecule has 24 heavy (non-hydrogen) atoms. The van der Waals surface area contributed by atoms with Gasteiger partial charge >= 0.3 is 11.7 Å². The number of carboxylic acid groups (broad SMARTS) is 1. The molecule has 0 aromatic carbocycles. The highest BCUT2D eigenvalue weighted by Gasteiger charge is 2.22. The molecule has 0 aliphatic carbocycles. The van der Waals surface area contributed by atoms with Crippen molar-refractivity contribution in [3.8, 4) is 0 Å². The number of carboxylic acids is 1. The number of carbonyl (C=O) groups is 2. The number of aliphatic carboxylic acids is 1. The van der Waals surface area contributed by atoms with Gasteiger partial charge < -0.3 is 15.2 Å². The summed E-state index contributed by atoms with van der Waals surface area (Å²) in [6.45, 7) is 2.10. The van der Waals surface area contributed by atoms with Crippen molar-refractivity contribution in [3.05, 3.63) is 28.4 Å². The Morgan fingerprint density at radius 2 is 2.29 bits per heavy atom. The largest absolute Gasteiger partial charge is 0.480 e. The maximum Gasteiger partial charge on any atom is 0.327 e. The van der Waals surface area contributed by atoms with Crippen LogP contribution in [-0.4, -0.2) is 51.9 Å². The topological polar surface area (TPSA) is 132 Å². The van der Waals surface area contributed by atoms with Gasteiger partial charge in [-0.2, -0.15) is 0 Å². The molecule has 11 heteroatoms. The van der Waals surface area contributed by atoms with E-state index < -0.39 is 22.8 Å². The van der Waals surface area contributed by atoms with Gasteiger partial charge in [0.2, 0.25) is 5.91 Å². The van der Waals surface area contributed by atoms with Crippen LogP contribution in [0.3, 0.4) is 0 Å². The number of carbonyl (C=O) groups excluding carboxylic acids is 1. The van der Waals surface area contributed by atoms with Crippen LogP contribution in [0.5, 0.6) is 0 Å². The van der Waals surface area contributed by atoms with Crippen molar-refractivity contribution in [1.82, 2.24) is 10.3 Å². The monoisotopic (exact) mass is 375 g/mol. The summed E-state index contributed by atoms with van der Waals surface area (Å²) < 4.78 is 5.04. The van der Waals surface area contributed by atoms with E-state index in [4.69, 9.17) is 9.84 Å². The third-order valence-electron chi connectivity index (χ3n) is 2.54. The summed E-state index contributed by atoms with van der Waals surface area (Å²) in [7, 11) is 2.05. The van der Waals surface area contributed by atoms with E-state index in [1.54, 1.807) is 0 Å². The van der Waals surface area contributed by atoms with E-state index >= 15 is 0 Å². The Hall–Kier alpha value is -1.85. The number of aromatic nitrogens is 1. The standard InChI is InChI=1S/C13H17N3O6S2/c1-2-6-22-7-11(17)15-9(13(18)19)8-23-24-12-10(16(20)21)4-3-5-14-12/h3-5,9H,2,6-8H2,1H3,(H,15,17)(H,18,19). The van der Waals surface area contributed by atoms with Gasteiger partial charge in [-0.1, -0.05) is 17.7 Å². The maximum absolute atomic E-state index is 11.6. The van der Waals surface area contributed by atoms with E-state index in [1.807, 2.05) is 6.92 Å². The molecule has 1 aromatic rings. The SMILES string of the molecule is CCCOCC(=O)NC(CSSc1ncccc1[N+](=O)[O-])C(=O)O. The van der Waals surface area contributed by atoms with Gasteiger partial charge in [0.05, 0.1) is 4.92 Å². The van der Waals surface area contributed by atoms with E-state index in [9.17, 15) is 19.7 Å². The van der Waals surface area contributed by atoms with Crippen LogP contribution in [0.1, 0.15) is 13.3 Å². The van der Waals surface area contributed by atoms with Gasteiger partial charge in [-0.15, -0.1) is 0 Å². The van der Waals surface area contributed by atoms with Gasteiger partial charge in [0, 0.05) is 24.6 Å². The molecule has 2 N–H and O–H groups in total. The zero-order valence-electron chi connectivity index (χ0n) is 12.8. The van der Waals surface area contributed by atoms with Crippen molar-refractivity contribution in [2.45, 2.75) is 24.4 Å². The highest BCUT2D eigenvalue weighted by Crippen LogP contribution is 2.35. The molecule has 1 unspecified atom stereocenters. The molecule has 0 aliphatic rings. The van der Waals surface area contributed by atoms with Crippen LogP contribution in [0.25, 0.3) is 0 Å². The molecule has 0 bridgehead atoms. The molecule has 1 aromatic heterocycles. The summed E-state index contributed by atoms with van der Waals surface area (Å²) in [6, 6.07) is 1.64. The minimum Gasteiger partial charge on any atom is -0.480 e. The Labute approximate surface area is 146 Å². The molecule has 9 nitrogen and oxygen atoms in total. The Bertz CT molecular complexity index is 587. The Balaban J connectivity index is 2.51. The number of rotatable bonds is 11. The number of hydrogen-bond donors (Lipinski definition) is 2. The summed E-state index contributed by atoms with van der Waals surface area (Å²) in [5.74, 6) is -1.69. The van der Waals surface area contributed by atoms with Crippen molar-refractivity contribution in [2.75, 3.05) is 19.0 Å². The van der Waals surface area contributed by atoms with E-state index in [1.165, 1.54) is 18.3 Å². The zero-order valence-corrected chi connectivity index (χ0v) is 14.5. The van der Waals surface area contributed by atoms with Gasteiger partial charge in [-0.05, 0) is 23.3 Å². The highest BCUT2D eigenvalue weighted by atomic mass is 33.1. The number of nitro groups is 1. The summed E-state index contributed by atoms with van der Waals surface area (Å²) in [5.41, 5.74) is -0.154. The van der Waals surface area contributed by atoms with E-state index in [2.05, 4.69) is 10.3 Å². The van der Waals surface area contributed by atoms with Crippen molar-refractivity contribution in [1.29, 1.82) is 0 Å². The van der Waals surface area contributed by atoms with E-state index in [0.717, 1.165) is 28.0 Å². The smallest absolute Gasteiger partial charge is 0.327 e. The maximum atomic E-state index is 11.6. The lowest BCUT2D eigenvalue weighted by atomic mass is 10.3. The molecule has 1 heterocycles. The molecule has 1 amide bonds. The normalized spacial score (nSPS) is 11.7. The average molecular weight is 375 g/mol. The minimum absolute atomic E-state index is 0.0211. The minimum atomic E-state index is -1.19. The van der Waals surface area contributed by atoms with Crippen LogP contribution in [0.2, 0.25) is 0 Å². The van der Waals surface area contributed by atoms with Gasteiger partial charge in [0.25, 0.3) is 0 Å². The fraction of sp³-hybridized carbons (Fsp3) is 0.462. The average Bonchev–Trinajstić information content (AvgIpc) is 2.54. The van der Waals surface area contributed by atoms with Crippen LogP contribution >= 0.6 is 21.6 Å². The Morgan fingerprint density at radius 3 is 2.92 bits per heavy atom. The lowest BCUT2D eigenvalue weighted by Gasteiger charge is -2.13. The number of nitrogens with one attached hydrogen (secondary N) is 1. The van der Waals surface area contributed by atoms with Gasteiger partial charge in [0.1, 0.15) is 12.6 Å². The lowest BCUT2D eigenvalue weighted by Crippen LogP contribution is -2.44. The fourth-order valence-corrected chi connectivity index (χ4v) is 3.67. The molecular weight excluding hydrogens is 358 g/mol. The van der Waals surface area contributed by atoms with E-state index in [-0.39, 0.29) is 23.1 Å². The molecule has 0 saturated carbocycles. The summed E-state index contributed by atoms with van der Waals surface area (Å²) in [6.07, 6.45) is 2.17. The second-order valence-corrected chi connectivity index (χ2v) is 6.79. The number of pyridine rings is 1. The third kappa shape index (κ3) is 7.15. The van der Waals surface area contributed by atoms with Gasteiger partial charge in [-0.3, -0.25) is 14.9 Å². The number of hydrogen-bond acceptors (Lipinski definition) is 8. The molecule has 1 rings (SSSR count). The highest BCUT2D eigenvalue weighted by molar-refractivity contribution is 8.76.